The molecule has 0 aliphatic rings. The first-order valence-corrected chi connectivity index (χ1v) is 12.8. The van der Waals surface area contributed by atoms with Gasteiger partial charge in [0.1, 0.15) is 18.0 Å². The van der Waals surface area contributed by atoms with Gasteiger partial charge in [0.25, 0.3) is 5.91 Å². The highest BCUT2D eigenvalue weighted by atomic mass is 35.5. The molecular weight excluding hydrogens is 541 g/mol. The zero-order chi connectivity index (χ0) is 25.7. The Kier molecular flexibility index (Phi) is 8.26. The third-order valence-corrected chi connectivity index (χ3v) is 6.26. The number of thioether (sulfide) groups is 1. The molecule has 0 unspecified atom stereocenters. The number of amides is 1. The molecule has 184 valence electrons. The predicted octanol–water partition coefficient (Wildman–Crippen LogP) is 4.94. The van der Waals surface area contributed by atoms with E-state index in [4.69, 9.17) is 45.9 Å². The van der Waals surface area contributed by atoms with Crippen LogP contribution in [0.25, 0.3) is 11.4 Å². The van der Waals surface area contributed by atoms with Crippen molar-refractivity contribution in [1.29, 1.82) is 0 Å². The molecule has 36 heavy (non-hydrogen) atoms. The summed E-state index contributed by atoms with van der Waals surface area (Å²) in [5.41, 5.74) is 9.78. The van der Waals surface area contributed by atoms with Crippen LogP contribution in [-0.2, 0) is 11.3 Å². The second kappa shape index (κ2) is 11.6. The van der Waals surface area contributed by atoms with Gasteiger partial charge in [0.15, 0.2) is 5.11 Å². The van der Waals surface area contributed by atoms with Crippen LogP contribution in [0.3, 0.4) is 0 Å². The summed E-state index contributed by atoms with van der Waals surface area (Å²) < 4.78 is 5.97. The van der Waals surface area contributed by atoms with E-state index >= 15 is 0 Å². The third kappa shape index (κ3) is 6.05. The Labute approximate surface area is 226 Å². The molecule has 0 saturated carbocycles. The molecule has 3 aromatic carbocycles. The van der Waals surface area contributed by atoms with Crippen molar-refractivity contribution < 1.29 is 9.53 Å². The minimum Gasteiger partial charge on any atom is -0.455 e. The molecule has 0 spiro atoms. The number of hydrazine groups is 1. The summed E-state index contributed by atoms with van der Waals surface area (Å²) in [5, 5.41) is 14.6. The van der Waals surface area contributed by atoms with Crippen molar-refractivity contribution in [3.63, 3.8) is 0 Å². The number of ether oxygens (including phenoxy) is 1. The van der Waals surface area contributed by atoms with Crippen molar-refractivity contribution in [2.24, 2.45) is 5.73 Å². The van der Waals surface area contributed by atoms with Gasteiger partial charge in [-0.3, -0.25) is 10.2 Å². The van der Waals surface area contributed by atoms with Crippen LogP contribution in [0.4, 0.5) is 5.69 Å². The number of aromatic nitrogens is 4. The first-order chi connectivity index (χ1) is 17.4. The first kappa shape index (κ1) is 25.7. The van der Waals surface area contributed by atoms with E-state index in [1.165, 1.54) is 16.8 Å². The van der Waals surface area contributed by atoms with Crippen LogP contribution in [0.2, 0.25) is 10.0 Å². The van der Waals surface area contributed by atoms with Gasteiger partial charge in [-0.2, -0.15) is 4.80 Å². The maximum Gasteiger partial charge on any atom is 0.262 e. The summed E-state index contributed by atoms with van der Waals surface area (Å²) in [6.07, 6.45) is 1.92. The average Bonchev–Trinajstić information content (AvgIpc) is 3.32. The standard InChI is InChI=1S/C23H19Cl2N7O2S2/c1-36-20-9-5-3-7-17(20)32(23(26)35)28-21(33)13-31-29-22(27-30-31)15-6-2-4-8-18(15)34-19-11-10-14(24)12-16(19)25/h2-12H,13H2,1H3,(H2,26,35)(H,28,33). The van der Waals surface area contributed by atoms with E-state index in [1.807, 2.05) is 30.5 Å². The minimum atomic E-state index is -0.444. The second-order valence-electron chi connectivity index (χ2n) is 7.20. The molecule has 0 fully saturated rings. The molecule has 1 aromatic heterocycles. The Morgan fingerprint density at radius 2 is 1.89 bits per heavy atom. The Bertz CT molecular complexity index is 1420. The number of para-hydroxylation sites is 2. The van der Waals surface area contributed by atoms with Crippen LogP contribution in [-0.4, -0.2) is 37.5 Å². The summed E-state index contributed by atoms with van der Waals surface area (Å²) in [6, 6.07) is 19.5. The van der Waals surface area contributed by atoms with Gasteiger partial charge in [-0.1, -0.05) is 47.5 Å². The molecule has 0 aliphatic heterocycles. The fourth-order valence-electron chi connectivity index (χ4n) is 3.17. The van der Waals surface area contributed by atoms with Crippen LogP contribution in [0.15, 0.2) is 71.6 Å². The highest BCUT2D eigenvalue weighted by Gasteiger charge is 2.19. The Morgan fingerprint density at radius 3 is 2.64 bits per heavy atom. The lowest BCUT2D eigenvalue weighted by molar-refractivity contribution is -0.122. The molecular formula is C23H19Cl2N7O2S2. The third-order valence-electron chi connectivity index (χ3n) is 4.76. The molecule has 0 atom stereocenters. The Balaban J connectivity index is 1.50. The summed E-state index contributed by atoms with van der Waals surface area (Å²) in [5.74, 6) is 0.699. The van der Waals surface area contributed by atoms with E-state index in [2.05, 4.69) is 20.8 Å². The topological polar surface area (TPSA) is 111 Å². The van der Waals surface area contributed by atoms with Crippen LogP contribution in [0, 0.1) is 0 Å². The van der Waals surface area contributed by atoms with Gasteiger partial charge in [0.05, 0.1) is 16.3 Å². The summed E-state index contributed by atoms with van der Waals surface area (Å²) in [7, 11) is 0. The monoisotopic (exact) mass is 559 g/mol. The van der Waals surface area contributed by atoms with E-state index < -0.39 is 5.91 Å². The summed E-state index contributed by atoms with van der Waals surface area (Å²) in [6.45, 7) is -0.223. The van der Waals surface area contributed by atoms with E-state index in [9.17, 15) is 4.79 Å². The minimum absolute atomic E-state index is 0.0102. The van der Waals surface area contributed by atoms with Crippen LogP contribution in [0.1, 0.15) is 0 Å². The normalized spacial score (nSPS) is 10.6. The molecule has 0 aliphatic carbocycles. The van der Waals surface area contributed by atoms with E-state index in [0.29, 0.717) is 32.8 Å². The second-order valence-corrected chi connectivity index (χ2v) is 9.31. The highest BCUT2D eigenvalue weighted by molar-refractivity contribution is 7.98. The van der Waals surface area contributed by atoms with Gasteiger partial charge in [0, 0.05) is 9.92 Å². The number of nitrogens with zero attached hydrogens (tertiary/aromatic N) is 5. The number of benzene rings is 3. The SMILES string of the molecule is CSc1ccccc1N(NC(=O)Cn1nnc(-c2ccccc2Oc2ccc(Cl)cc2Cl)n1)C(N)=S. The lowest BCUT2D eigenvalue weighted by Gasteiger charge is -2.25. The molecule has 1 heterocycles. The van der Waals surface area contributed by atoms with Crippen molar-refractivity contribution in [1.82, 2.24) is 25.6 Å². The zero-order valence-electron chi connectivity index (χ0n) is 18.8. The van der Waals surface area contributed by atoms with Crippen molar-refractivity contribution in [2.75, 3.05) is 11.3 Å². The fourth-order valence-corrected chi connectivity index (χ4v) is 4.35. The zero-order valence-corrected chi connectivity index (χ0v) is 21.9. The van der Waals surface area contributed by atoms with Gasteiger partial charge in [-0.15, -0.1) is 22.0 Å². The lowest BCUT2D eigenvalue weighted by Crippen LogP contribution is -2.50. The smallest absolute Gasteiger partial charge is 0.262 e. The molecule has 0 radical (unpaired) electrons. The molecule has 3 N–H and O–H groups in total. The van der Waals surface area contributed by atoms with Gasteiger partial charge in [-0.25, -0.2) is 5.01 Å². The van der Waals surface area contributed by atoms with Gasteiger partial charge >= 0.3 is 0 Å². The fraction of sp³-hybridized carbons (Fsp3) is 0.0870. The molecule has 1 amide bonds. The molecule has 4 rings (SSSR count). The predicted molar refractivity (Wildman–Crippen MR) is 145 cm³/mol. The Morgan fingerprint density at radius 1 is 1.14 bits per heavy atom. The first-order valence-electron chi connectivity index (χ1n) is 10.4. The van der Waals surface area contributed by atoms with Crippen molar-refractivity contribution in [2.45, 2.75) is 11.4 Å². The number of nitrogens with one attached hydrogen (secondary N) is 1. The van der Waals surface area contributed by atoms with Gasteiger partial charge < -0.3 is 10.5 Å². The number of carbonyl (C=O) groups excluding carboxylic acids is 1. The number of anilines is 1. The number of thiocarbonyl (C=S) groups is 1. The van der Waals surface area contributed by atoms with Crippen LogP contribution >= 0.6 is 47.2 Å². The van der Waals surface area contributed by atoms with Crippen molar-refractivity contribution in [3.05, 3.63) is 76.8 Å². The average molecular weight is 560 g/mol. The number of rotatable bonds is 7. The molecule has 13 heteroatoms. The van der Waals surface area contributed by atoms with E-state index in [-0.39, 0.29) is 17.5 Å². The largest absolute Gasteiger partial charge is 0.455 e. The van der Waals surface area contributed by atoms with E-state index in [0.717, 1.165) is 9.69 Å². The lowest BCUT2D eigenvalue weighted by atomic mass is 10.2. The summed E-state index contributed by atoms with van der Waals surface area (Å²) >= 11 is 18.9. The van der Waals surface area contributed by atoms with Gasteiger partial charge in [-0.05, 0) is 66.2 Å². The Hall–Kier alpha value is -3.38. The van der Waals surface area contributed by atoms with Crippen LogP contribution < -0.4 is 20.9 Å². The molecule has 4 aromatic rings. The maximum absolute atomic E-state index is 12.8. The number of tetrazole rings is 1. The highest BCUT2D eigenvalue weighted by Crippen LogP contribution is 2.35. The number of hydrogen-bond acceptors (Lipinski definition) is 7. The quantitative estimate of drug-likeness (QED) is 0.184. The number of carbonyl (C=O) groups is 1. The van der Waals surface area contributed by atoms with Crippen LogP contribution in [0.5, 0.6) is 11.5 Å². The van der Waals surface area contributed by atoms with E-state index in [1.54, 1.807) is 42.5 Å². The van der Waals surface area contributed by atoms with Crippen molar-refractivity contribution in [3.8, 4) is 22.9 Å². The molecule has 9 nitrogen and oxygen atoms in total. The molecule has 0 saturated heterocycles. The number of halogens is 2. The van der Waals surface area contributed by atoms with Gasteiger partial charge in [0.2, 0.25) is 5.82 Å². The van der Waals surface area contributed by atoms with Crippen molar-refractivity contribution >= 4 is 63.9 Å². The number of hydrogen-bond donors (Lipinski definition) is 2. The summed E-state index contributed by atoms with van der Waals surface area (Å²) in [4.78, 5) is 14.8. The molecule has 0 bridgehead atoms. The number of nitrogens with two attached hydrogens (primary N) is 1. The maximum atomic E-state index is 12.8.